The lowest BCUT2D eigenvalue weighted by molar-refractivity contribution is -0.0848. The largest absolute Gasteiger partial charge is 0.474 e. The van der Waals surface area contributed by atoms with Crippen molar-refractivity contribution < 1.29 is 19.1 Å². The van der Waals surface area contributed by atoms with Crippen molar-refractivity contribution in [3.63, 3.8) is 0 Å². The Bertz CT molecular complexity index is 1270. The van der Waals surface area contributed by atoms with Gasteiger partial charge < -0.3 is 25.4 Å². The maximum atomic E-state index is 12.9. The average molecular weight is 478 g/mol. The van der Waals surface area contributed by atoms with Crippen molar-refractivity contribution in [1.82, 2.24) is 25.1 Å². The molecular formula is C24H27N7O4. The van der Waals surface area contributed by atoms with Crippen molar-refractivity contribution in [1.29, 1.82) is 0 Å². The zero-order valence-electron chi connectivity index (χ0n) is 19.2. The first kappa shape index (κ1) is 21.8. The minimum absolute atomic E-state index is 0.00148. The molecule has 11 nitrogen and oxygen atoms in total. The van der Waals surface area contributed by atoms with Gasteiger partial charge in [-0.3, -0.25) is 9.59 Å². The quantitative estimate of drug-likeness (QED) is 0.540. The summed E-state index contributed by atoms with van der Waals surface area (Å²) in [7, 11) is 0. The van der Waals surface area contributed by atoms with Crippen molar-refractivity contribution in [2.24, 2.45) is 11.1 Å². The number of rotatable bonds is 6. The first-order valence-corrected chi connectivity index (χ1v) is 11.9. The first-order chi connectivity index (χ1) is 17.0. The van der Waals surface area contributed by atoms with Gasteiger partial charge in [-0.05, 0) is 55.4 Å². The predicted molar refractivity (Wildman–Crippen MR) is 125 cm³/mol. The van der Waals surface area contributed by atoms with Gasteiger partial charge in [0, 0.05) is 25.3 Å². The van der Waals surface area contributed by atoms with E-state index in [1.54, 1.807) is 22.8 Å². The maximum Gasteiger partial charge on any atom is 0.274 e. The second kappa shape index (κ2) is 8.49. The van der Waals surface area contributed by atoms with Crippen LogP contribution < -0.4 is 20.7 Å². The van der Waals surface area contributed by atoms with Gasteiger partial charge in [-0.1, -0.05) is 5.21 Å². The average Bonchev–Trinajstić information content (AvgIpc) is 3.25. The third-order valence-corrected chi connectivity index (χ3v) is 7.32. The molecule has 11 heteroatoms. The molecule has 3 aromatic heterocycles. The van der Waals surface area contributed by atoms with Crippen LogP contribution in [0.4, 0.5) is 5.69 Å². The number of carbonyl (C=O) groups is 2. The summed E-state index contributed by atoms with van der Waals surface area (Å²) in [5, 5.41) is 11.4. The highest BCUT2D eigenvalue weighted by molar-refractivity contribution is 5.99. The molecule has 3 fully saturated rings. The number of carbonyl (C=O) groups excluding carboxylic acids is 2. The van der Waals surface area contributed by atoms with Gasteiger partial charge >= 0.3 is 0 Å². The van der Waals surface area contributed by atoms with Crippen molar-refractivity contribution >= 4 is 23.0 Å². The van der Waals surface area contributed by atoms with Crippen molar-refractivity contribution in [2.45, 2.75) is 37.8 Å². The molecular weight excluding hydrogens is 450 g/mol. The molecule has 182 valence electrons. The molecule has 2 amide bonds. The van der Waals surface area contributed by atoms with Crippen LogP contribution in [0.2, 0.25) is 0 Å². The van der Waals surface area contributed by atoms with E-state index >= 15 is 0 Å². The molecule has 4 heterocycles. The van der Waals surface area contributed by atoms with Gasteiger partial charge in [0.25, 0.3) is 11.8 Å². The standard InChI is InChI=1S/C24H27N7O4/c25-21(32)18-2-1-5-26-23(18)35-17-12-24(13-17)10-15(11-24)27-22(33)20-19-4-3-16(14-31(19)29-28-20)30-6-8-34-9-7-30/h1-5,14-15,17H,6-13H2,(H2,25,32)(H,27,33). The predicted octanol–water partition coefficient (Wildman–Crippen LogP) is 1.18. The van der Waals surface area contributed by atoms with Gasteiger partial charge in [-0.2, -0.15) is 0 Å². The zero-order chi connectivity index (χ0) is 24.0. The van der Waals surface area contributed by atoms with E-state index in [0.717, 1.165) is 44.5 Å². The Hall–Kier alpha value is -3.73. The van der Waals surface area contributed by atoms with Crippen molar-refractivity contribution in [2.75, 3.05) is 31.2 Å². The van der Waals surface area contributed by atoms with E-state index < -0.39 is 5.91 Å². The zero-order valence-corrected chi connectivity index (χ0v) is 19.2. The number of morpholine rings is 1. The van der Waals surface area contributed by atoms with Gasteiger partial charge in [-0.25, -0.2) is 9.50 Å². The summed E-state index contributed by atoms with van der Waals surface area (Å²) in [5.41, 5.74) is 7.93. The molecule has 2 saturated carbocycles. The van der Waals surface area contributed by atoms with Crippen LogP contribution in [0, 0.1) is 5.41 Å². The molecule has 0 bridgehead atoms. The minimum Gasteiger partial charge on any atom is -0.474 e. The number of hydrogen-bond acceptors (Lipinski definition) is 8. The second-order valence-corrected chi connectivity index (χ2v) is 9.70. The summed E-state index contributed by atoms with van der Waals surface area (Å²) in [6.07, 6.45) is 7.02. The summed E-state index contributed by atoms with van der Waals surface area (Å²) in [6, 6.07) is 7.28. The van der Waals surface area contributed by atoms with Crippen LogP contribution in [0.25, 0.3) is 5.52 Å². The fourth-order valence-corrected chi connectivity index (χ4v) is 5.55. The summed E-state index contributed by atoms with van der Waals surface area (Å²) < 4.78 is 13.0. The number of amides is 2. The van der Waals surface area contributed by atoms with Crippen LogP contribution in [0.3, 0.4) is 0 Å². The normalized spacial score (nSPS) is 25.7. The van der Waals surface area contributed by atoms with E-state index in [4.69, 9.17) is 15.2 Å². The lowest BCUT2D eigenvalue weighted by Crippen LogP contribution is -2.58. The highest BCUT2D eigenvalue weighted by Crippen LogP contribution is 2.56. The molecule has 0 radical (unpaired) electrons. The molecule has 0 unspecified atom stereocenters. The molecule has 3 aliphatic rings. The topological polar surface area (TPSA) is 137 Å². The van der Waals surface area contributed by atoms with Crippen LogP contribution in [-0.2, 0) is 4.74 Å². The maximum absolute atomic E-state index is 12.9. The number of ether oxygens (including phenoxy) is 2. The van der Waals surface area contributed by atoms with Gasteiger partial charge in [0.15, 0.2) is 5.69 Å². The lowest BCUT2D eigenvalue weighted by atomic mass is 9.53. The Morgan fingerprint density at radius 2 is 1.94 bits per heavy atom. The Labute approximate surface area is 201 Å². The molecule has 1 saturated heterocycles. The summed E-state index contributed by atoms with van der Waals surface area (Å²) in [4.78, 5) is 30.8. The number of fused-ring (bicyclic) bond motifs is 1. The summed E-state index contributed by atoms with van der Waals surface area (Å²) in [5.74, 6) is -0.460. The number of nitrogens with one attached hydrogen (secondary N) is 1. The van der Waals surface area contributed by atoms with E-state index in [0.29, 0.717) is 35.9 Å². The summed E-state index contributed by atoms with van der Waals surface area (Å²) in [6.45, 7) is 3.07. The molecule has 35 heavy (non-hydrogen) atoms. The van der Waals surface area contributed by atoms with Gasteiger partial charge in [0.05, 0.1) is 30.6 Å². The molecule has 2 aliphatic carbocycles. The van der Waals surface area contributed by atoms with Crippen LogP contribution in [0.5, 0.6) is 5.88 Å². The number of anilines is 1. The van der Waals surface area contributed by atoms with E-state index in [2.05, 4.69) is 25.5 Å². The molecule has 0 aromatic carbocycles. The molecule has 1 aliphatic heterocycles. The fourth-order valence-electron chi connectivity index (χ4n) is 5.55. The van der Waals surface area contributed by atoms with Gasteiger partial charge in [0.2, 0.25) is 5.88 Å². The molecule has 6 rings (SSSR count). The number of primary amides is 1. The van der Waals surface area contributed by atoms with Crippen LogP contribution in [-0.4, -0.2) is 70.1 Å². The molecule has 1 spiro atoms. The monoisotopic (exact) mass is 477 g/mol. The Kier molecular flexibility index (Phi) is 5.28. The first-order valence-electron chi connectivity index (χ1n) is 11.9. The van der Waals surface area contributed by atoms with E-state index in [9.17, 15) is 9.59 Å². The third kappa shape index (κ3) is 4.05. The number of hydrogen-bond donors (Lipinski definition) is 2. The smallest absolute Gasteiger partial charge is 0.274 e. The molecule has 3 aromatic rings. The minimum atomic E-state index is -0.549. The Morgan fingerprint density at radius 3 is 2.71 bits per heavy atom. The highest BCUT2D eigenvalue weighted by Gasteiger charge is 2.54. The number of aromatic nitrogens is 4. The summed E-state index contributed by atoms with van der Waals surface area (Å²) >= 11 is 0. The van der Waals surface area contributed by atoms with Gasteiger partial charge in [0.1, 0.15) is 11.7 Å². The Morgan fingerprint density at radius 1 is 1.14 bits per heavy atom. The second-order valence-electron chi connectivity index (χ2n) is 9.70. The van der Waals surface area contributed by atoms with E-state index in [1.807, 2.05) is 18.3 Å². The highest BCUT2D eigenvalue weighted by atomic mass is 16.5. The third-order valence-electron chi connectivity index (χ3n) is 7.32. The number of nitrogens with zero attached hydrogens (tertiary/aromatic N) is 5. The number of pyridine rings is 2. The van der Waals surface area contributed by atoms with Crippen LogP contribution in [0.15, 0.2) is 36.7 Å². The number of nitrogens with two attached hydrogens (primary N) is 1. The van der Waals surface area contributed by atoms with Crippen LogP contribution >= 0.6 is 0 Å². The lowest BCUT2D eigenvalue weighted by Gasteiger charge is -2.57. The van der Waals surface area contributed by atoms with Crippen molar-refractivity contribution in [3.05, 3.63) is 47.9 Å². The SMILES string of the molecule is NC(=O)c1cccnc1OC1CC2(CC(NC(=O)c3nnn4cc(N5CCOCC5)ccc34)C2)C1. The van der Waals surface area contributed by atoms with Gasteiger partial charge in [-0.15, -0.1) is 5.10 Å². The van der Waals surface area contributed by atoms with Crippen molar-refractivity contribution in [3.8, 4) is 5.88 Å². The Balaban J connectivity index is 1.03. The van der Waals surface area contributed by atoms with Crippen LogP contribution in [0.1, 0.15) is 46.5 Å². The molecule has 0 atom stereocenters. The van der Waals surface area contributed by atoms with E-state index in [1.165, 1.54) is 0 Å². The molecule has 3 N–H and O–H groups in total. The fraction of sp³-hybridized carbons (Fsp3) is 0.458. The van der Waals surface area contributed by atoms with E-state index in [-0.39, 0.29) is 23.5 Å².